The van der Waals surface area contributed by atoms with Gasteiger partial charge in [-0.2, -0.15) is 0 Å². The van der Waals surface area contributed by atoms with Crippen molar-refractivity contribution in [2.75, 3.05) is 6.61 Å². The topological polar surface area (TPSA) is 64.6 Å². The number of alkyl carbamates (subject to hydrolysis) is 1. The summed E-state index contributed by atoms with van der Waals surface area (Å²) in [7, 11) is 0. The van der Waals surface area contributed by atoms with Crippen LogP contribution in [0, 0.1) is 0 Å². The van der Waals surface area contributed by atoms with Gasteiger partial charge in [0.25, 0.3) is 0 Å². The molecule has 0 aromatic carbocycles. The van der Waals surface area contributed by atoms with Gasteiger partial charge in [0.1, 0.15) is 6.10 Å². The van der Waals surface area contributed by atoms with Crippen LogP contribution < -0.4 is 5.32 Å². The molecule has 1 heterocycles. The van der Waals surface area contributed by atoms with E-state index < -0.39 is 18.1 Å². The maximum atomic E-state index is 11.2. The summed E-state index contributed by atoms with van der Waals surface area (Å²) in [5.74, 6) is -0.393. The summed E-state index contributed by atoms with van der Waals surface area (Å²) >= 11 is 0. The van der Waals surface area contributed by atoms with Gasteiger partial charge in [0, 0.05) is 0 Å². The van der Waals surface area contributed by atoms with E-state index in [0.717, 1.165) is 25.7 Å². The predicted octanol–water partition coefficient (Wildman–Crippen LogP) is 1.61. The van der Waals surface area contributed by atoms with E-state index in [9.17, 15) is 9.59 Å². The molecule has 1 aliphatic rings. The van der Waals surface area contributed by atoms with Crippen LogP contribution in [0.4, 0.5) is 4.79 Å². The number of cyclic esters (lactones) is 1. The van der Waals surface area contributed by atoms with E-state index in [-0.39, 0.29) is 6.10 Å². The van der Waals surface area contributed by atoms with Gasteiger partial charge < -0.3 is 14.8 Å². The monoisotopic (exact) mass is 229 g/mol. The molecule has 1 amide bonds. The number of amides is 1. The highest BCUT2D eigenvalue weighted by Crippen LogP contribution is 2.13. The number of ether oxygens (including phenoxy) is 2. The smallest absolute Gasteiger partial charge is 0.407 e. The molecule has 0 radical (unpaired) electrons. The van der Waals surface area contributed by atoms with Crippen LogP contribution in [0.25, 0.3) is 0 Å². The lowest BCUT2D eigenvalue weighted by atomic mass is 10.1. The average molecular weight is 229 g/mol. The van der Waals surface area contributed by atoms with Crippen molar-refractivity contribution in [1.82, 2.24) is 5.32 Å². The van der Waals surface area contributed by atoms with E-state index in [1.165, 1.54) is 0 Å². The number of carbonyl (C=O) groups excluding carboxylic acids is 2. The van der Waals surface area contributed by atoms with Crippen LogP contribution >= 0.6 is 0 Å². The van der Waals surface area contributed by atoms with Crippen LogP contribution in [0.1, 0.15) is 39.5 Å². The molecule has 2 unspecified atom stereocenters. The van der Waals surface area contributed by atoms with Crippen molar-refractivity contribution in [3.63, 3.8) is 0 Å². The second-order valence-electron chi connectivity index (χ2n) is 3.96. The molecule has 5 heteroatoms. The molecule has 92 valence electrons. The summed E-state index contributed by atoms with van der Waals surface area (Å²) in [5, 5.41) is 2.47. The van der Waals surface area contributed by atoms with Crippen molar-refractivity contribution in [2.24, 2.45) is 0 Å². The van der Waals surface area contributed by atoms with Gasteiger partial charge in [-0.1, -0.05) is 26.2 Å². The average Bonchev–Trinajstić information content (AvgIpc) is 2.26. The van der Waals surface area contributed by atoms with Crippen LogP contribution in [0.15, 0.2) is 0 Å². The molecule has 0 aromatic rings. The molecule has 16 heavy (non-hydrogen) atoms. The normalized spacial score (nSPS) is 23.2. The molecule has 0 aliphatic carbocycles. The first-order chi connectivity index (χ1) is 7.65. The summed E-state index contributed by atoms with van der Waals surface area (Å²) in [5.41, 5.74) is 0. The Morgan fingerprint density at radius 1 is 1.44 bits per heavy atom. The van der Waals surface area contributed by atoms with Crippen molar-refractivity contribution < 1.29 is 19.1 Å². The van der Waals surface area contributed by atoms with Gasteiger partial charge in [0.2, 0.25) is 0 Å². The molecule has 0 saturated carbocycles. The maximum absolute atomic E-state index is 11.2. The predicted molar refractivity (Wildman–Crippen MR) is 58.0 cm³/mol. The van der Waals surface area contributed by atoms with E-state index in [0.29, 0.717) is 6.61 Å². The zero-order chi connectivity index (χ0) is 12.0. The summed E-state index contributed by atoms with van der Waals surface area (Å²) < 4.78 is 9.63. The zero-order valence-corrected chi connectivity index (χ0v) is 9.82. The molecule has 0 spiro atoms. The lowest BCUT2D eigenvalue weighted by Crippen LogP contribution is -2.58. The van der Waals surface area contributed by atoms with Crippen LogP contribution in [0.3, 0.4) is 0 Å². The molecular weight excluding hydrogens is 210 g/mol. The Bertz CT molecular complexity index is 254. The van der Waals surface area contributed by atoms with Gasteiger partial charge in [-0.3, -0.25) is 0 Å². The number of nitrogens with one attached hydrogen (secondary N) is 1. The third kappa shape index (κ3) is 3.72. The zero-order valence-electron chi connectivity index (χ0n) is 9.82. The fourth-order valence-electron chi connectivity index (χ4n) is 1.48. The minimum Gasteiger partial charge on any atom is -0.458 e. The first kappa shape index (κ1) is 12.8. The van der Waals surface area contributed by atoms with Crippen LogP contribution in [-0.4, -0.2) is 30.8 Å². The highest BCUT2D eigenvalue weighted by molar-refractivity contribution is 5.86. The maximum Gasteiger partial charge on any atom is 0.407 e. The van der Waals surface area contributed by atoms with Gasteiger partial charge in [0.05, 0.1) is 6.61 Å². The number of unbranched alkanes of at least 4 members (excludes halogenated alkanes) is 3. The largest absolute Gasteiger partial charge is 0.458 e. The summed E-state index contributed by atoms with van der Waals surface area (Å²) in [6, 6.07) is -0.539. The minimum atomic E-state index is -0.539. The second kappa shape index (κ2) is 6.35. The standard InChI is InChI=1S/C11H19NO4/c1-3-4-5-6-7-15-11(14)12-9-8(2)16-10(9)13/h8-9H,3-7H2,1-2H3,(H,12,14). The Balaban J connectivity index is 2.05. The summed E-state index contributed by atoms with van der Waals surface area (Å²) in [6.45, 7) is 4.26. The summed E-state index contributed by atoms with van der Waals surface area (Å²) in [6.07, 6.45) is 3.44. The lowest BCUT2D eigenvalue weighted by Gasteiger charge is -2.32. The molecule has 1 fully saturated rings. The molecule has 1 saturated heterocycles. The number of hydrogen-bond donors (Lipinski definition) is 1. The highest BCUT2D eigenvalue weighted by atomic mass is 16.6. The van der Waals surface area contributed by atoms with Crippen molar-refractivity contribution in [1.29, 1.82) is 0 Å². The first-order valence-corrected chi connectivity index (χ1v) is 5.79. The first-order valence-electron chi connectivity index (χ1n) is 5.79. The van der Waals surface area contributed by atoms with Gasteiger partial charge >= 0.3 is 12.1 Å². The van der Waals surface area contributed by atoms with Crippen molar-refractivity contribution in [2.45, 2.75) is 51.7 Å². The molecular formula is C11H19NO4. The van der Waals surface area contributed by atoms with E-state index in [4.69, 9.17) is 9.47 Å². The Kier molecular flexibility index (Phi) is 5.08. The molecule has 0 bridgehead atoms. The summed E-state index contributed by atoms with van der Waals surface area (Å²) in [4.78, 5) is 22.1. The van der Waals surface area contributed by atoms with Gasteiger partial charge in [0.15, 0.2) is 6.04 Å². The van der Waals surface area contributed by atoms with Crippen molar-refractivity contribution >= 4 is 12.1 Å². The lowest BCUT2D eigenvalue weighted by molar-refractivity contribution is -0.174. The molecule has 1 N–H and O–H groups in total. The van der Waals surface area contributed by atoms with Gasteiger partial charge in [-0.05, 0) is 13.3 Å². The van der Waals surface area contributed by atoms with Gasteiger partial charge in [-0.25, -0.2) is 9.59 Å². The number of esters is 1. The highest BCUT2D eigenvalue weighted by Gasteiger charge is 2.40. The molecule has 2 atom stereocenters. The van der Waals surface area contributed by atoms with Gasteiger partial charge in [-0.15, -0.1) is 0 Å². The Labute approximate surface area is 95.5 Å². The third-order valence-corrected chi connectivity index (χ3v) is 2.53. The number of rotatable bonds is 6. The van der Waals surface area contributed by atoms with Crippen LogP contribution in [0.5, 0.6) is 0 Å². The van der Waals surface area contributed by atoms with Crippen molar-refractivity contribution in [3.8, 4) is 0 Å². The fraction of sp³-hybridized carbons (Fsp3) is 0.818. The molecule has 5 nitrogen and oxygen atoms in total. The Morgan fingerprint density at radius 2 is 2.19 bits per heavy atom. The number of carbonyl (C=O) groups is 2. The minimum absolute atomic E-state index is 0.250. The Morgan fingerprint density at radius 3 is 2.75 bits per heavy atom. The second-order valence-corrected chi connectivity index (χ2v) is 3.96. The van der Waals surface area contributed by atoms with E-state index in [1.54, 1.807) is 6.92 Å². The molecule has 0 aromatic heterocycles. The third-order valence-electron chi connectivity index (χ3n) is 2.53. The van der Waals surface area contributed by atoms with E-state index in [2.05, 4.69) is 12.2 Å². The Hall–Kier alpha value is -1.26. The van der Waals surface area contributed by atoms with E-state index in [1.807, 2.05) is 0 Å². The SMILES string of the molecule is CCCCCCOC(=O)NC1C(=O)OC1C. The quantitative estimate of drug-likeness (QED) is 0.555. The van der Waals surface area contributed by atoms with Crippen LogP contribution in [-0.2, 0) is 14.3 Å². The molecule has 1 rings (SSSR count). The van der Waals surface area contributed by atoms with E-state index >= 15 is 0 Å². The fourth-order valence-corrected chi connectivity index (χ4v) is 1.48. The van der Waals surface area contributed by atoms with Crippen molar-refractivity contribution in [3.05, 3.63) is 0 Å². The number of hydrogen-bond acceptors (Lipinski definition) is 4. The molecule has 1 aliphatic heterocycles. The van der Waals surface area contributed by atoms with Crippen LogP contribution in [0.2, 0.25) is 0 Å².